The normalized spacial score (nSPS) is 15.0. The van der Waals surface area contributed by atoms with Gasteiger partial charge >= 0.3 is 0 Å². The van der Waals surface area contributed by atoms with Crippen molar-refractivity contribution < 1.29 is 9.72 Å². The molecule has 1 fully saturated rings. The third-order valence-electron chi connectivity index (χ3n) is 4.36. The van der Waals surface area contributed by atoms with Crippen molar-refractivity contribution >= 4 is 34.6 Å². The predicted molar refractivity (Wildman–Crippen MR) is 98.1 cm³/mol. The van der Waals surface area contributed by atoms with Crippen LogP contribution >= 0.6 is 11.6 Å². The largest absolute Gasteiger partial charge is 0.371 e. The van der Waals surface area contributed by atoms with Crippen LogP contribution in [0.3, 0.4) is 0 Å². The van der Waals surface area contributed by atoms with E-state index in [1.54, 1.807) is 12.1 Å². The van der Waals surface area contributed by atoms with Gasteiger partial charge in [-0.1, -0.05) is 23.7 Å². The Morgan fingerprint density at radius 2 is 1.88 bits per heavy atom. The minimum absolute atomic E-state index is 0.0337. The average molecular weight is 360 g/mol. The first-order chi connectivity index (χ1) is 12.0. The number of amides is 1. The number of rotatable bonds is 4. The van der Waals surface area contributed by atoms with Gasteiger partial charge in [-0.25, -0.2) is 0 Å². The highest BCUT2D eigenvalue weighted by molar-refractivity contribution is 6.30. The number of carbonyl (C=O) groups excluding carboxylic acids is 1. The maximum Gasteiger partial charge on any atom is 0.271 e. The molecule has 3 rings (SSSR count). The molecule has 2 aromatic rings. The van der Waals surface area contributed by atoms with E-state index in [0.717, 1.165) is 31.6 Å². The van der Waals surface area contributed by atoms with Crippen molar-refractivity contribution in [3.05, 3.63) is 63.7 Å². The van der Waals surface area contributed by atoms with Crippen molar-refractivity contribution in [2.75, 3.05) is 23.3 Å². The van der Waals surface area contributed by atoms with Gasteiger partial charge < -0.3 is 10.2 Å². The number of hydrogen-bond acceptors (Lipinski definition) is 4. The molecular weight excluding hydrogens is 342 g/mol. The lowest BCUT2D eigenvalue weighted by atomic mass is 9.95. The lowest BCUT2D eigenvalue weighted by Crippen LogP contribution is -2.38. The number of anilines is 2. The fraction of sp³-hybridized carbons (Fsp3) is 0.278. The van der Waals surface area contributed by atoms with Crippen molar-refractivity contribution in [1.29, 1.82) is 0 Å². The first-order valence-corrected chi connectivity index (χ1v) is 8.46. The van der Waals surface area contributed by atoms with Crippen molar-refractivity contribution in [2.24, 2.45) is 5.92 Å². The van der Waals surface area contributed by atoms with E-state index in [1.807, 2.05) is 24.3 Å². The summed E-state index contributed by atoms with van der Waals surface area (Å²) in [5.41, 5.74) is 1.48. The first-order valence-electron chi connectivity index (χ1n) is 8.09. The van der Waals surface area contributed by atoms with Crippen molar-refractivity contribution in [2.45, 2.75) is 12.8 Å². The number of non-ortho nitro benzene ring substituents is 1. The average Bonchev–Trinajstić information content (AvgIpc) is 2.62. The molecule has 1 heterocycles. The number of nitrogens with zero attached hydrogens (tertiary/aromatic N) is 2. The van der Waals surface area contributed by atoms with Crippen LogP contribution in [0.5, 0.6) is 0 Å². The van der Waals surface area contributed by atoms with Gasteiger partial charge in [0, 0.05) is 47.5 Å². The Morgan fingerprint density at radius 3 is 2.56 bits per heavy atom. The lowest BCUT2D eigenvalue weighted by molar-refractivity contribution is -0.384. The van der Waals surface area contributed by atoms with E-state index in [-0.39, 0.29) is 17.5 Å². The van der Waals surface area contributed by atoms with Gasteiger partial charge in [0.25, 0.3) is 5.69 Å². The molecule has 0 aromatic heterocycles. The molecule has 0 radical (unpaired) electrons. The van der Waals surface area contributed by atoms with Crippen LogP contribution in [-0.4, -0.2) is 23.9 Å². The van der Waals surface area contributed by atoms with Crippen molar-refractivity contribution in [1.82, 2.24) is 0 Å². The molecule has 2 aromatic carbocycles. The van der Waals surface area contributed by atoms with Gasteiger partial charge in [-0.05, 0) is 37.1 Å². The van der Waals surface area contributed by atoms with Crippen molar-refractivity contribution in [3.63, 3.8) is 0 Å². The number of hydrogen-bond donors (Lipinski definition) is 1. The second-order valence-electron chi connectivity index (χ2n) is 6.04. The fourth-order valence-corrected chi connectivity index (χ4v) is 3.20. The van der Waals surface area contributed by atoms with Crippen LogP contribution in [0.4, 0.5) is 17.1 Å². The standard InChI is InChI=1S/C18H18ClN3O3/c19-14-3-1-5-16(11-14)21-9-7-13(8-10-21)18(23)20-15-4-2-6-17(12-15)22(24)25/h1-6,11-13H,7-10H2,(H,20,23). The van der Waals surface area contributed by atoms with E-state index >= 15 is 0 Å². The number of carbonyl (C=O) groups is 1. The second-order valence-corrected chi connectivity index (χ2v) is 6.47. The maximum absolute atomic E-state index is 12.4. The van der Waals surface area contributed by atoms with E-state index in [2.05, 4.69) is 10.2 Å². The highest BCUT2D eigenvalue weighted by Crippen LogP contribution is 2.26. The minimum Gasteiger partial charge on any atom is -0.371 e. The van der Waals surface area contributed by atoms with Crippen molar-refractivity contribution in [3.8, 4) is 0 Å². The van der Waals surface area contributed by atoms with E-state index in [4.69, 9.17) is 11.6 Å². The topological polar surface area (TPSA) is 75.5 Å². The summed E-state index contributed by atoms with van der Waals surface area (Å²) in [5.74, 6) is -0.194. The molecular formula is C18H18ClN3O3. The molecule has 0 unspecified atom stereocenters. The molecule has 25 heavy (non-hydrogen) atoms. The number of nitrogens with one attached hydrogen (secondary N) is 1. The Bertz CT molecular complexity index is 789. The SMILES string of the molecule is O=C(Nc1cccc([N+](=O)[O-])c1)C1CCN(c2cccc(Cl)c2)CC1. The second kappa shape index (κ2) is 7.53. The molecule has 0 bridgehead atoms. The quantitative estimate of drug-likeness (QED) is 0.658. The predicted octanol–water partition coefficient (Wildman–Crippen LogP) is 4.10. The maximum atomic E-state index is 12.4. The van der Waals surface area contributed by atoms with Crippen LogP contribution in [0.2, 0.25) is 5.02 Å². The molecule has 6 nitrogen and oxygen atoms in total. The van der Waals surface area contributed by atoms with Crippen LogP contribution in [0, 0.1) is 16.0 Å². The van der Waals surface area contributed by atoms with Crippen LogP contribution in [-0.2, 0) is 4.79 Å². The fourth-order valence-electron chi connectivity index (χ4n) is 3.01. The highest BCUT2D eigenvalue weighted by atomic mass is 35.5. The highest BCUT2D eigenvalue weighted by Gasteiger charge is 2.25. The molecule has 0 atom stereocenters. The molecule has 0 saturated carbocycles. The number of benzene rings is 2. The molecule has 0 aliphatic carbocycles. The number of nitro benzene ring substituents is 1. The summed E-state index contributed by atoms with van der Waals surface area (Å²) in [7, 11) is 0. The van der Waals surface area contributed by atoms with E-state index in [0.29, 0.717) is 10.7 Å². The van der Waals surface area contributed by atoms with E-state index in [9.17, 15) is 14.9 Å². The third kappa shape index (κ3) is 4.28. The Labute approximate surface area is 150 Å². The Balaban J connectivity index is 1.58. The van der Waals surface area contributed by atoms with Gasteiger partial charge in [-0.3, -0.25) is 14.9 Å². The van der Waals surface area contributed by atoms with Gasteiger partial charge in [-0.2, -0.15) is 0 Å². The molecule has 0 spiro atoms. The monoisotopic (exact) mass is 359 g/mol. The summed E-state index contributed by atoms with van der Waals surface area (Å²) in [6.45, 7) is 1.54. The van der Waals surface area contributed by atoms with Gasteiger partial charge in [0.15, 0.2) is 0 Å². The zero-order chi connectivity index (χ0) is 17.8. The van der Waals surface area contributed by atoms with E-state index < -0.39 is 4.92 Å². The Kier molecular flexibility index (Phi) is 5.19. The number of halogens is 1. The summed E-state index contributed by atoms with van der Waals surface area (Å²) in [6, 6.07) is 13.7. The number of piperidine rings is 1. The molecule has 1 N–H and O–H groups in total. The smallest absolute Gasteiger partial charge is 0.271 e. The van der Waals surface area contributed by atoms with E-state index in [1.165, 1.54) is 12.1 Å². The molecule has 1 saturated heterocycles. The van der Waals surface area contributed by atoms with Gasteiger partial charge in [-0.15, -0.1) is 0 Å². The first kappa shape index (κ1) is 17.2. The van der Waals surface area contributed by atoms with Crippen LogP contribution < -0.4 is 10.2 Å². The van der Waals surface area contributed by atoms with Gasteiger partial charge in [0.2, 0.25) is 5.91 Å². The number of nitro groups is 1. The van der Waals surface area contributed by atoms with Gasteiger partial charge in [0.1, 0.15) is 0 Å². The Morgan fingerprint density at radius 1 is 1.16 bits per heavy atom. The summed E-state index contributed by atoms with van der Waals surface area (Å²) in [5, 5.41) is 14.3. The van der Waals surface area contributed by atoms with Crippen LogP contribution in [0.15, 0.2) is 48.5 Å². The summed E-state index contributed by atoms with van der Waals surface area (Å²) >= 11 is 6.03. The van der Waals surface area contributed by atoms with Gasteiger partial charge in [0.05, 0.1) is 4.92 Å². The zero-order valence-corrected chi connectivity index (χ0v) is 14.3. The molecule has 1 amide bonds. The third-order valence-corrected chi connectivity index (χ3v) is 4.60. The molecule has 130 valence electrons. The minimum atomic E-state index is -0.473. The summed E-state index contributed by atoms with van der Waals surface area (Å²) in [6.07, 6.45) is 1.46. The molecule has 7 heteroatoms. The van der Waals surface area contributed by atoms with Crippen LogP contribution in [0.1, 0.15) is 12.8 Å². The zero-order valence-electron chi connectivity index (χ0n) is 13.5. The summed E-state index contributed by atoms with van der Waals surface area (Å²) in [4.78, 5) is 25.0. The lowest BCUT2D eigenvalue weighted by Gasteiger charge is -2.33. The Hall–Kier alpha value is -2.60. The molecule has 1 aliphatic heterocycles. The van der Waals surface area contributed by atoms with Crippen LogP contribution in [0.25, 0.3) is 0 Å². The summed E-state index contributed by atoms with van der Waals surface area (Å²) < 4.78 is 0. The molecule has 1 aliphatic rings.